The molecule has 0 radical (unpaired) electrons. The zero-order valence-corrected chi connectivity index (χ0v) is 52.1. The van der Waals surface area contributed by atoms with Gasteiger partial charge in [-0.3, -0.25) is 19.7 Å². The molecule has 27 heteroatoms. The van der Waals surface area contributed by atoms with E-state index in [9.17, 15) is 19.8 Å². The predicted molar refractivity (Wildman–Crippen MR) is 354 cm³/mol. The fourth-order valence-electron chi connectivity index (χ4n) is 7.59. The van der Waals surface area contributed by atoms with Crippen LogP contribution in [0.3, 0.4) is 0 Å². The fraction of sp³-hybridized carbons (Fsp3) is 0.149. The van der Waals surface area contributed by atoms with Crippen LogP contribution in [0.1, 0.15) is 43.4 Å². The number of oxazole rings is 1. The maximum Gasteiger partial charge on any atom is 0.337 e. The lowest BCUT2D eigenvalue weighted by atomic mass is 10.2. The Hall–Kier alpha value is -13.0. The van der Waals surface area contributed by atoms with Crippen LogP contribution in [-0.4, -0.2) is 117 Å². The van der Waals surface area contributed by atoms with Crippen molar-refractivity contribution in [2.24, 2.45) is 0 Å². The van der Waals surface area contributed by atoms with Gasteiger partial charge in [0.25, 0.3) is 5.91 Å². The van der Waals surface area contributed by atoms with Crippen LogP contribution in [0.2, 0.25) is 0 Å². The topological polar surface area (TPSA) is 376 Å². The number of aromatic carboxylic acids is 1. The summed E-state index contributed by atoms with van der Waals surface area (Å²) in [5.41, 5.74) is 11.8. The molecule has 27 nitrogen and oxygen atoms in total. The molecule has 94 heavy (non-hydrogen) atoms. The number of amides is 1. The monoisotopic (exact) mass is 1270 g/mol. The number of carboxylic acid groups (broad SMARTS) is 1. The molecule has 0 saturated heterocycles. The Morgan fingerprint density at radius 2 is 0.947 bits per heavy atom. The first kappa shape index (κ1) is 68.5. The summed E-state index contributed by atoms with van der Waals surface area (Å²) in [7, 11) is 11.9. The quantitative estimate of drug-likeness (QED) is 0.0253. The number of aromatic nitrogens is 8. The van der Waals surface area contributed by atoms with Gasteiger partial charge in [0.2, 0.25) is 5.89 Å². The van der Waals surface area contributed by atoms with E-state index in [4.69, 9.17) is 48.9 Å². The van der Waals surface area contributed by atoms with E-state index in [2.05, 4.69) is 66.5 Å². The Labute approximate surface area is 540 Å². The highest BCUT2D eigenvalue weighted by Crippen LogP contribution is 2.31. The maximum atomic E-state index is 12.4. The number of phenolic OH excluding ortho intramolecular Hbond substituents is 2. The third-order valence-electron chi connectivity index (χ3n) is 12.8. The molecule has 3 aromatic carbocycles. The van der Waals surface area contributed by atoms with Crippen molar-refractivity contribution in [3.05, 3.63) is 217 Å². The molecule has 0 atom stereocenters. The number of methoxy groups -OCH3 is 3. The number of carbonyl (C=O) groups excluding carboxylic acids is 1. The Morgan fingerprint density at radius 1 is 0.500 bits per heavy atom. The second-order valence-corrected chi connectivity index (χ2v) is 19.1. The molecule has 8 aromatic heterocycles. The highest BCUT2D eigenvalue weighted by Gasteiger charge is 2.14. The van der Waals surface area contributed by atoms with Crippen molar-refractivity contribution in [1.29, 1.82) is 5.26 Å². The van der Waals surface area contributed by atoms with E-state index in [-0.39, 0.29) is 41.0 Å². The van der Waals surface area contributed by atoms with E-state index in [1.165, 1.54) is 36.8 Å². The van der Waals surface area contributed by atoms with Crippen molar-refractivity contribution >= 4 is 57.6 Å². The summed E-state index contributed by atoms with van der Waals surface area (Å²) in [4.78, 5) is 56.1. The van der Waals surface area contributed by atoms with E-state index in [0.29, 0.717) is 81.9 Å². The van der Waals surface area contributed by atoms with E-state index < -0.39 is 5.97 Å². The molecule has 0 spiro atoms. The second kappa shape index (κ2) is 35.3. The van der Waals surface area contributed by atoms with Crippen LogP contribution < -0.4 is 60.7 Å². The van der Waals surface area contributed by atoms with Gasteiger partial charge >= 0.3 is 5.97 Å². The van der Waals surface area contributed by atoms with Gasteiger partial charge in [0.1, 0.15) is 101 Å². The van der Waals surface area contributed by atoms with Gasteiger partial charge in [-0.25, -0.2) is 29.7 Å². The van der Waals surface area contributed by atoms with Gasteiger partial charge in [-0.05, 0) is 121 Å². The number of nitrogens with zero attached hydrogens (tertiary/aromatic N) is 9. The van der Waals surface area contributed by atoms with Crippen LogP contribution in [-0.2, 0) is 19.8 Å². The number of nitrogen functional groups attached to an aromatic ring is 1. The largest absolute Gasteiger partial charge is 0.506 e. The zero-order valence-electron chi connectivity index (χ0n) is 52.1. The molecule has 11 aromatic rings. The maximum absolute atomic E-state index is 12.4. The standard InChI is InChI=1S/C20H20N4O4.C20H18N4O3.C13H14N2O3.C7H7N3.C7H8N2O2/c1-21-19-8-3-13(10-23-19)20(26)24-17-9-15(6-7-18(17)25)28-12-14-4-5-16(27-2)11-22-14;1-21-19-8-3-13(10-23-19)20-24-17-9-15(6-7-18(17)27-20)26-12-14-4-5-16(25-2)11-22-14;1-17-11-3-2-9(15-7-11)8-18-10-4-5-13(16)12(14)6-10;1-9-7-3-2-6(4-8)5-10-7;1-8-6-3-2-5(4-9-6)7(10)11/h3-11,25H,12H2,1-2H3,(H,21,23)(H,24,26);3-11H,12H2,1-2H3,(H,21,23);2-7,16H,8,14H2,1H3;2-3,5H,1H3,(H,9,10);2-4H,1H3,(H,8,9)(H,10,11). The first-order chi connectivity index (χ1) is 45.6. The summed E-state index contributed by atoms with van der Waals surface area (Å²) in [6.07, 6.45) is 10.9. The number of fused-ring (bicyclic) bond motifs is 1. The van der Waals surface area contributed by atoms with E-state index in [0.717, 1.165) is 39.8 Å². The average molecular weight is 1270 g/mol. The van der Waals surface area contributed by atoms with Crippen molar-refractivity contribution in [1.82, 2.24) is 39.9 Å². The minimum Gasteiger partial charge on any atom is -0.506 e. The van der Waals surface area contributed by atoms with Crippen molar-refractivity contribution < 1.29 is 57.7 Å². The van der Waals surface area contributed by atoms with Crippen LogP contribution in [0, 0.1) is 11.3 Å². The Bertz CT molecular complexity index is 4200. The van der Waals surface area contributed by atoms with Crippen LogP contribution in [0.15, 0.2) is 187 Å². The first-order valence-corrected chi connectivity index (χ1v) is 28.3. The fourth-order valence-corrected chi connectivity index (χ4v) is 7.59. The Kier molecular flexibility index (Phi) is 25.7. The minimum atomic E-state index is -0.958. The van der Waals surface area contributed by atoms with Gasteiger partial charge in [-0.15, -0.1) is 0 Å². The highest BCUT2D eigenvalue weighted by atomic mass is 16.5. The summed E-state index contributed by atoms with van der Waals surface area (Å²) >= 11 is 0. The molecule has 0 saturated carbocycles. The zero-order chi connectivity index (χ0) is 67.2. The molecule has 0 aliphatic carbocycles. The number of hydrogen-bond acceptors (Lipinski definition) is 25. The van der Waals surface area contributed by atoms with Gasteiger partial charge in [-0.1, -0.05) is 0 Å². The molecule has 0 bridgehead atoms. The van der Waals surface area contributed by atoms with Crippen molar-refractivity contribution in [2.75, 3.05) is 81.8 Å². The number of nitrogens with two attached hydrogens (primary N) is 1. The molecular weight excluding hydrogens is 1210 g/mol. The third-order valence-corrected chi connectivity index (χ3v) is 12.8. The third kappa shape index (κ3) is 21.1. The summed E-state index contributed by atoms with van der Waals surface area (Å²) in [6.45, 7) is 0.918. The van der Waals surface area contributed by atoms with E-state index in [1.54, 1.807) is 134 Å². The number of pyridine rings is 7. The number of phenols is 2. The lowest BCUT2D eigenvalue weighted by Gasteiger charge is -2.11. The molecule has 1 amide bonds. The van der Waals surface area contributed by atoms with Crippen LogP contribution in [0.4, 0.5) is 34.6 Å². The SMILES string of the molecule is CNc1ccc(-c2nc3cc(OCc4ccc(OC)cn4)ccc3o2)cn1.CNc1ccc(C#N)cn1.CNc1ccc(C(=O)Nc2cc(OCc3ccc(OC)cn3)ccc2O)cn1.CNc1ccc(C(=O)O)cn1.COc1ccc(COc2ccc(O)c(N)c2)nc1. The number of carbonyl (C=O) groups is 2. The predicted octanol–water partition coefficient (Wildman–Crippen LogP) is 10.8. The molecule has 0 fully saturated rings. The average Bonchev–Trinajstić information content (AvgIpc) is 1.75. The van der Waals surface area contributed by atoms with E-state index in [1.807, 2.05) is 67.7 Å². The first-order valence-electron chi connectivity index (χ1n) is 28.3. The number of rotatable bonds is 20. The van der Waals surface area contributed by atoms with Crippen LogP contribution >= 0.6 is 0 Å². The summed E-state index contributed by atoms with van der Waals surface area (Å²) in [5.74, 6) is 5.88. The molecular formula is C67H67N15O12. The second-order valence-electron chi connectivity index (χ2n) is 19.1. The Balaban J connectivity index is 0.000000175. The Morgan fingerprint density at radius 3 is 1.36 bits per heavy atom. The van der Waals surface area contributed by atoms with Gasteiger partial charge in [0.15, 0.2) is 5.58 Å². The molecule has 11 rings (SSSR count). The summed E-state index contributed by atoms with van der Waals surface area (Å²) in [6, 6.07) is 41.5. The number of nitrogens with one attached hydrogen (secondary N) is 5. The van der Waals surface area contributed by atoms with Crippen LogP contribution in [0.5, 0.6) is 46.0 Å². The number of ether oxygens (including phenoxy) is 6. The van der Waals surface area contributed by atoms with Crippen molar-refractivity contribution in [2.45, 2.75) is 19.8 Å². The van der Waals surface area contributed by atoms with E-state index >= 15 is 0 Å². The molecule has 0 unspecified atom stereocenters. The summed E-state index contributed by atoms with van der Waals surface area (Å²) < 4.78 is 38.0. The molecule has 0 aliphatic heterocycles. The molecule has 482 valence electrons. The van der Waals surface area contributed by atoms with Crippen molar-refractivity contribution in [3.63, 3.8) is 0 Å². The lowest BCUT2D eigenvalue weighted by molar-refractivity contribution is 0.0696. The van der Waals surface area contributed by atoms with Gasteiger partial charge < -0.3 is 80.5 Å². The van der Waals surface area contributed by atoms with Gasteiger partial charge in [0.05, 0.1) is 90.6 Å². The molecule has 10 N–H and O–H groups in total. The number of hydrogen-bond donors (Lipinski definition) is 9. The van der Waals surface area contributed by atoms with Gasteiger partial charge in [-0.2, -0.15) is 5.26 Å². The highest BCUT2D eigenvalue weighted by molar-refractivity contribution is 6.05. The molecule has 0 aliphatic rings. The summed E-state index contributed by atoms with van der Waals surface area (Å²) in [5, 5.41) is 50.4. The number of nitriles is 1. The number of benzene rings is 3. The normalized spacial score (nSPS) is 10.0. The van der Waals surface area contributed by atoms with Crippen molar-refractivity contribution in [3.8, 4) is 63.5 Å². The number of anilines is 6. The van der Waals surface area contributed by atoms with Crippen LogP contribution in [0.25, 0.3) is 22.6 Å². The minimum absolute atomic E-state index is 0.0462. The number of aromatic hydroxyl groups is 2. The lowest BCUT2D eigenvalue weighted by Crippen LogP contribution is -2.12. The molecule has 8 heterocycles. The number of carboxylic acids is 1. The van der Waals surface area contributed by atoms with Gasteiger partial charge in [0, 0.05) is 71.2 Å². The smallest absolute Gasteiger partial charge is 0.337 e.